The topological polar surface area (TPSA) is 61.6 Å². The molecular formula is C21H30N4O2. The summed E-state index contributed by atoms with van der Waals surface area (Å²) in [6.45, 7) is 7.97. The van der Waals surface area contributed by atoms with E-state index < -0.39 is 0 Å². The molecule has 1 atom stereocenters. The monoisotopic (exact) mass is 370 g/mol. The Morgan fingerprint density at radius 2 is 1.96 bits per heavy atom. The molecule has 4 rings (SSSR count). The largest absolute Gasteiger partial charge is 0.423 e. The van der Waals surface area contributed by atoms with Crippen LogP contribution in [0, 0.1) is 5.92 Å². The number of hydrogen-bond acceptors (Lipinski definition) is 5. The summed E-state index contributed by atoms with van der Waals surface area (Å²) in [4.78, 5) is 21.8. The minimum atomic E-state index is 0.135. The first-order chi connectivity index (χ1) is 13.1. The van der Waals surface area contributed by atoms with Gasteiger partial charge in [0.1, 0.15) is 5.52 Å². The van der Waals surface area contributed by atoms with Gasteiger partial charge in [-0.05, 0) is 58.2 Å². The second kappa shape index (κ2) is 7.89. The Labute approximate surface area is 160 Å². The molecular weight excluding hydrogens is 340 g/mol. The molecule has 0 radical (unpaired) electrons. The zero-order valence-electron chi connectivity index (χ0n) is 16.4. The number of carbonyl (C=O) groups excluding carboxylic acids is 1. The van der Waals surface area contributed by atoms with Crippen LogP contribution in [0.3, 0.4) is 0 Å². The molecule has 2 saturated heterocycles. The summed E-state index contributed by atoms with van der Waals surface area (Å²) < 4.78 is 5.92. The first kappa shape index (κ1) is 18.3. The Morgan fingerprint density at radius 3 is 2.70 bits per heavy atom. The smallest absolute Gasteiger partial charge is 0.298 e. The summed E-state index contributed by atoms with van der Waals surface area (Å²) in [6, 6.07) is 9.43. The van der Waals surface area contributed by atoms with Gasteiger partial charge < -0.3 is 14.6 Å². The minimum Gasteiger partial charge on any atom is -0.423 e. The molecule has 0 spiro atoms. The van der Waals surface area contributed by atoms with Crippen LogP contribution in [0.5, 0.6) is 0 Å². The highest BCUT2D eigenvalue weighted by molar-refractivity contribution is 5.79. The highest BCUT2D eigenvalue weighted by atomic mass is 16.4. The van der Waals surface area contributed by atoms with Crippen molar-refractivity contribution in [2.45, 2.75) is 51.6 Å². The predicted octanol–water partition coefficient (Wildman–Crippen LogP) is 3.03. The molecule has 6 heteroatoms. The van der Waals surface area contributed by atoms with Crippen LogP contribution in [-0.4, -0.2) is 54.1 Å². The molecule has 2 aliphatic rings. The zero-order valence-corrected chi connectivity index (χ0v) is 16.4. The van der Waals surface area contributed by atoms with Gasteiger partial charge in [0.15, 0.2) is 5.58 Å². The summed E-state index contributed by atoms with van der Waals surface area (Å²) >= 11 is 0. The van der Waals surface area contributed by atoms with Gasteiger partial charge in [-0.1, -0.05) is 12.1 Å². The fourth-order valence-corrected chi connectivity index (χ4v) is 4.37. The van der Waals surface area contributed by atoms with E-state index >= 15 is 0 Å². The van der Waals surface area contributed by atoms with Crippen molar-refractivity contribution in [3.63, 3.8) is 0 Å². The fraction of sp³-hybridized carbons (Fsp3) is 0.619. The number of oxazole rings is 1. The molecule has 0 aliphatic carbocycles. The number of amides is 1. The van der Waals surface area contributed by atoms with Crippen molar-refractivity contribution in [1.29, 1.82) is 0 Å². The SMILES string of the molecule is CC(C)NC(=O)[C@H]1CCCN(C2CCN(c3nc4ccccc4o3)CC2)C1. The number of carbonyl (C=O) groups is 1. The molecule has 146 valence electrons. The van der Waals surface area contributed by atoms with Crippen LogP contribution in [-0.2, 0) is 4.79 Å². The van der Waals surface area contributed by atoms with Crippen molar-refractivity contribution in [1.82, 2.24) is 15.2 Å². The molecule has 6 nitrogen and oxygen atoms in total. The molecule has 1 N–H and O–H groups in total. The van der Waals surface area contributed by atoms with E-state index in [-0.39, 0.29) is 17.9 Å². The lowest BCUT2D eigenvalue weighted by Crippen LogP contribution is -2.51. The van der Waals surface area contributed by atoms with Crippen LogP contribution in [0.1, 0.15) is 39.5 Å². The lowest BCUT2D eigenvalue weighted by molar-refractivity contribution is -0.127. The molecule has 1 aromatic carbocycles. The Morgan fingerprint density at radius 1 is 1.19 bits per heavy atom. The number of piperidine rings is 2. The zero-order chi connectivity index (χ0) is 18.8. The van der Waals surface area contributed by atoms with Gasteiger partial charge in [0, 0.05) is 31.7 Å². The van der Waals surface area contributed by atoms with E-state index in [9.17, 15) is 4.79 Å². The average molecular weight is 370 g/mol. The van der Waals surface area contributed by atoms with E-state index in [4.69, 9.17) is 4.42 Å². The van der Waals surface area contributed by atoms with E-state index in [0.717, 1.165) is 69.0 Å². The average Bonchev–Trinajstić information content (AvgIpc) is 3.12. The van der Waals surface area contributed by atoms with Gasteiger partial charge in [0.2, 0.25) is 5.91 Å². The van der Waals surface area contributed by atoms with Crippen molar-refractivity contribution in [3.05, 3.63) is 24.3 Å². The van der Waals surface area contributed by atoms with Crippen LogP contribution in [0.2, 0.25) is 0 Å². The second-order valence-electron chi connectivity index (χ2n) is 8.18. The Bertz CT molecular complexity index is 746. The van der Waals surface area contributed by atoms with E-state index in [1.807, 2.05) is 38.1 Å². The number of nitrogens with zero attached hydrogens (tertiary/aromatic N) is 3. The maximum absolute atomic E-state index is 12.4. The van der Waals surface area contributed by atoms with E-state index in [1.165, 1.54) is 0 Å². The number of likely N-dealkylation sites (tertiary alicyclic amines) is 1. The highest BCUT2D eigenvalue weighted by Gasteiger charge is 2.32. The van der Waals surface area contributed by atoms with Gasteiger partial charge in [-0.25, -0.2) is 0 Å². The van der Waals surface area contributed by atoms with E-state index in [0.29, 0.717) is 6.04 Å². The van der Waals surface area contributed by atoms with Gasteiger partial charge in [-0.15, -0.1) is 0 Å². The van der Waals surface area contributed by atoms with Crippen molar-refractivity contribution in [2.24, 2.45) is 5.92 Å². The third-order valence-corrected chi connectivity index (χ3v) is 5.79. The number of fused-ring (bicyclic) bond motifs is 1. The number of benzene rings is 1. The number of anilines is 1. The molecule has 2 fully saturated rings. The van der Waals surface area contributed by atoms with Gasteiger partial charge in [-0.2, -0.15) is 4.98 Å². The minimum absolute atomic E-state index is 0.135. The van der Waals surface area contributed by atoms with Crippen molar-refractivity contribution in [2.75, 3.05) is 31.1 Å². The van der Waals surface area contributed by atoms with Gasteiger partial charge in [-0.3, -0.25) is 9.69 Å². The van der Waals surface area contributed by atoms with Crippen LogP contribution in [0.25, 0.3) is 11.1 Å². The quantitative estimate of drug-likeness (QED) is 0.896. The first-order valence-corrected chi connectivity index (χ1v) is 10.2. The first-order valence-electron chi connectivity index (χ1n) is 10.2. The summed E-state index contributed by atoms with van der Waals surface area (Å²) in [7, 11) is 0. The Kier molecular flexibility index (Phi) is 5.34. The van der Waals surface area contributed by atoms with E-state index in [1.54, 1.807) is 0 Å². The summed E-state index contributed by atoms with van der Waals surface area (Å²) in [5, 5.41) is 3.08. The standard InChI is InChI=1S/C21H30N4O2/c1-15(2)22-20(26)16-6-5-11-25(14-16)17-9-12-24(13-10-17)21-23-18-7-3-4-8-19(18)27-21/h3-4,7-8,15-17H,5-6,9-14H2,1-2H3,(H,22,26)/t16-/m0/s1. The lowest BCUT2D eigenvalue weighted by Gasteiger charge is -2.41. The third-order valence-electron chi connectivity index (χ3n) is 5.79. The molecule has 1 aromatic heterocycles. The molecule has 0 unspecified atom stereocenters. The van der Waals surface area contributed by atoms with E-state index in [2.05, 4.69) is 20.1 Å². The molecule has 2 aromatic rings. The fourth-order valence-electron chi connectivity index (χ4n) is 4.37. The molecule has 1 amide bonds. The van der Waals surface area contributed by atoms with Crippen LogP contribution >= 0.6 is 0 Å². The van der Waals surface area contributed by atoms with Crippen LogP contribution in [0.15, 0.2) is 28.7 Å². The number of rotatable bonds is 4. The second-order valence-corrected chi connectivity index (χ2v) is 8.18. The Balaban J connectivity index is 1.34. The molecule has 2 aliphatic heterocycles. The predicted molar refractivity (Wildman–Crippen MR) is 107 cm³/mol. The van der Waals surface area contributed by atoms with Crippen LogP contribution in [0.4, 0.5) is 6.01 Å². The third kappa shape index (κ3) is 4.10. The Hall–Kier alpha value is -2.08. The number of para-hydroxylation sites is 2. The van der Waals surface area contributed by atoms with Gasteiger partial charge >= 0.3 is 0 Å². The maximum atomic E-state index is 12.4. The van der Waals surface area contributed by atoms with Gasteiger partial charge in [0.05, 0.1) is 5.92 Å². The van der Waals surface area contributed by atoms with Crippen molar-refractivity contribution < 1.29 is 9.21 Å². The summed E-state index contributed by atoms with van der Waals surface area (Å²) in [5.41, 5.74) is 1.77. The lowest BCUT2D eigenvalue weighted by atomic mass is 9.93. The maximum Gasteiger partial charge on any atom is 0.298 e. The number of hydrogen-bond donors (Lipinski definition) is 1. The number of aromatic nitrogens is 1. The summed E-state index contributed by atoms with van der Waals surface area (Å²) in [5.74, 6) is 0.356. The molecule has 27 heavy (non-hydrogen) atoms. The highest BCUT2D eigenvalue weighted by Crippen LogP contribution is 2.28. The normalized spacial score (nSPS) is 22.5. The van der Waals surface area contributed by atoms with Gasteiger partial charge in [0.25, 0.3) is 6.01 Å². The molecule has 0 saturated carbocycles. The van der Waals surface area contributed by atoms with Crippen molar-refractivity contribution >= 4 is 23.0 Å². The van der Waals surface area contributed by atoms with Crippen LogP contribution < -0.4 is 10.2 Å². The summed E-state index contributed by atoms with van der Waals surface area (Å²) in [6.07, 6.45) is 4.31. The number of nitrogens with one attached hydrogen (secondary N) is 1. The molecule has 3 heterocycles. The van der Waals surface area contributed by atoms with Crippen molar-refractivity contribution in [3.8, 4) is 0 Å². The molecule has 0 bridgehead atoms.